The molecular formula is C13H14N2O2S. The summed E-state index contributed by atoms with van der Waals surface area (Å²) in [4.78, 5) is 4.42. The van der Waals surface area contributed by atoms with E-state index in [9.17, 15) is 8.42 Å². The van der Waals surface area contributed by atoms with Crippen molar-refractivity contribution >= 4 is 10.0 Å². The van der Waals surface area contributed by atoms with Crippen LogP contribution in [0, 0.1) is 0 Å². The fraction of sp³-hybridized carbons (Fsp3) is 0.154. The Morgan fingerprint density at radius 1 is 1.00 bits per heavy atom. The van der Waals surface area contributed by atoms with Crippen LogP contribution in [-0.4, -0.2) is 19.9 Å². The van der Waals surface area contributed by atoms with Crippen molar-refractivity contribution in [2.24, 2.45) is 0 Å². The highest BCUT2D eigenvalue weighted by atomic mass is 32.2. The summed E-state index contributed by atoms with van der Waals surface area (Å²) in [6.07, 6.45) is 2.27. The van der Waals surface area contributed by atoms with Crippen LogP contribution in [0.25, 0.3) is 0 Å². The second-order valence-corrected chi connectivity index (χ2v) is 5.55. The van der Waals surface area contributed by atoms with Gasteiger partial charge in [-0.05, 0) is 24.3 Å². The van der Waals surface area contributed by atoms with Gasteiger partial charge in [-0.3, -0.25) is 4.98 Å². The van der Waals surface area contributed by atoms with Gasteiger partial charge in [0.15, 0.2) is 0 Å². The van der Waals surface area contributed by atoms with Crippen molar-refractivity contribution in [2.45, 2.75) is 11.3 Å². The molecule has 2 rings (SSSR count). The molecule has 0 unspecified atom stereocenters. The number of pyridine rings is 1. The van der Waals surface area contributed by atoms with Crippen molar-refractivity contribution < 1.29 is 8.42 Å². The van der Waals surface area contributed by atoms with Crippen LogP contribution < -0.4 is 4.72 Å². The number of rotatable bonds is 5. The normalized spacial score (nSPS) is 11.3. The highest BCUT2D eigenvalue weighted by Crippen LogP contribution is 2.06. The zero-order chi connectivity index (χ0) is 12.8. The Balaban J connectivity index is 1.95. The third-order valence-corrected chi connectivity index (χ3v) is 3.93. The SMILES string of the molecule is O=S(=O)(NCCc1ccccn1)c1ccccc1. The van der Waals surface area contributed by atoms with Crippen molar-refractivity contribution in [1.82, 2.24) is 9.71 Å². The molecule has 94 valence electrons. The van der Waals surface area contributed by atoms with Gasteiger partial charge < -0.3 is 0 Å². The van der Waals surface area contributed by atoms with Gasteiger partial charge in [0.2, 0.25) is 10.0 Å². The zero-order valence-corrected chi connectivity index (χ0v) is 10.6. The first kappa shape index (κ1) is 12.7. The lowest BCUT2D eigenvalue weighted by Gasteiger charge is -2.06. The van der Waals surface area contributed by atoms with Gasteiger partial charge in [-0.2, -0.15) is 0 Å². The van der Waals surface area contributed by atoms with Crippen LogP contribution in [0.4, 0.5) is 0 Å². The van der Waals surface area contributed by atoms with E-state index in [1.54, 1.807) is 36.5 Å². The van der Waals surface area contributed by atoms with E-state index in [1.807, 2.05) is 18.2 Å². The number of aromatic nitrogens is 1. The largest absolute Gasteiger partial charge is 0.261 e. The second kappa shape index (κ2) is 5.75. The van der Waals surface area contributed by atoms with Gasteiger partial charge in [-0.15, -0.1) is 0 Å². The van der Waals surface area contributed by atoms with Crippen molar-refractivity contribution in [1.29, 1.82) is 0 Å². The van der Waals surface area contributed by atoms with E-state index in [0.29, 0.717) is 13.0 Å². The van der Waals surface area contributed by atoms with Crippen LogP contribution in [-0.2, 0) is 16.4 Å². The third kappa shape index (κ3) is 3.38. The Hall–Kier alpha value is -1.72. The molecule has 0 bridgehead atoms. The summed E-state index contributed by atoms with van der Waals surface area (Å²) in [5.41, 5.74) is 0.869. The molecule has 1 aromatic carbocycles. The van der Waals surface area contributed by atoms with Crippen LogP contribution in [0.2, 0.25) is 0 Å². The average molecular weight is 262 g/mol. The van der Waals surface area contributed by atoms with Crippen molar-refractivity contribution in [2.75, 3.05) is 6.54 Å². The molecule has 0 aliphatic carbocycles. The number of hydrogen-bond acceptors (Lipinski definition) is 3. The first-order valence-electron chi connectivity index (χ1n) is 5.63. The van der Waals surface area contributed by atoms with Crippen molar-refractivity contribution in [3.63, 3.8) is 0 Å². The minimum Gasteiger partial charge on any atom is -0.261 e. The quantitative estimate of drug-likeness (QED) is 0.890. The van der Waals surface area contributed by atoms with Gasteiger partial charge in [0.25, 0.3) is 0 Å². The molecule has 5 heteroatoms. The summed E-state index contributed by atoms with van der Waals surface area (Å²) in [6, 6.07) is 13.9. The number of sulfonamides is 1. The van der Waals surface area contributed by atoms with E-state index in [0.717, 1.165) is 5.69 Å². The highest BCUT2D eigenvalue weighted by Gasteiger charge is 2.11. The number of nitrogens with one attached hydrogen (secondary N) is 1. The molecule has 0 atom stereocenters. The average Bonchev–Trinajstić information content (AvgIpc) is 2.41. The lowest BCUT2D eigenvalue weighted by atomic mass is 10.3. The van der Waals surface area contributed by atoms with Crippen LogP contribution in [0.5, 0.6) is 0 Å². The lowest BCUT2D eigenvalue weighted by molar-refractivity contribution is 0.581. The number of hydrogen-bond donors (Lipinski definition) is 1. The molecule has 2 aromatic rings. The molecule has 0 saturated carbocycles. The molecular weight excluding hydrogens is 248 g/mol. The van der Waals surface area contributed by atoms with Gasteiger partial charge >= 0.3 is 0 Å². The Morgan fingerprint density at radius 3 is 2.39 bits per heavy atom. The summed E-state index contributed by atoms with van der Waals surface area (Å²) in [5.74, 6) is 0. The van der Waals surface area contributed by atoms with E-state index >= 15 is 0 Å². The molecule has 18 heavy (non-hydrogen) atoms. The van der Waals surface area contributed by atoms with Crippen molar-refractivity contribution in [3.8, 4) is 0 Å². The summed E-state index contributed by atoms with van der Waals surface area (Å²) >= 11 is 0. The Morgan fingerprint density at radius 2 is 1.72 bits per heavy atom. The predicted molar refractivity (Wildman–Crippen MR) is 69.6 cm³/mol. The van der Waals surface area contributed by atoms with E-state index in [4.69, 9.17) is 0 Å². The summed E-state index contributed by atoms with van der Waals surface area (Å²) in [5, 5.41) is 0. The Labute approximate surface area is 107 Å². The molecule has 1 N–H and O–H groups in total. The molecule has 0 aliphatic rings. The molecule has 0 fully saturated rings. The number of benzene rings is 1. The summed E-state index contributed by atoms with van der Waals surface area (Å²) in [7, 11) is -3.41. The van der Waals surface area contributed by atoms with Crippen molar-refractivity contribution in [3.05, 3.63) is 60.4 Å². The summed E-state index contributed by atoms with van der Waals surface area (Å²) < 4.78 is 26.3. The maximum Gasteiger partial charge on any atom is 0.240 e. The molecule has 0 amide bonds. The molecule has 0 saturated heterocycles. The van der Waals surface area contributed by atoms with Crippen LogP contribution in [0.15, 0.2) is 59.6 Å². The highest BCUT2D eigenvalue weighted by molar-refractivity contribution is 7.89. The van der Waals surface area contributed by atoms with Crippen LogP contribution >= 0.6 is 0 Å². The van der Waals surface area contributed by atoms with Crippen LogP contribution in [0.3, 0.4) is 0 Å². The van der Waals surface area contributed by atoms with E-state index in [2.05, 4.69) is 9.71 Å². The van der Waals surface area contributed by atoms with Gasteiger partial charge in [-0.25, -0.2) is 13.1 Å². The minimum absolute atomic E-state index is 0.283. The number of nitrogens with zero attached hydrogens (tertiary/aromatic N) is 1. The molecule has 1 aromatic heterocycles. The monoisotopic (exact) mass is 262 g/mol. The first-order valence-corrected chi connectivity index (χ1v) is 7.11. The zero-order valence-electron chi connectivity index (χ0n) is 9.78. The molecule has 4 nitrogen and oxygen atoms in total. The molecule has 0 aliphatic heterocycles. The topological polar surface area (TPSA) is 59.1 Å². The van der Waals surface area contributed by atoms with E-state index < -0.39 is 10.0 Å². The van der Waals surface area contributed by atoms with Gasteiger partial charge in [0.1, 0.15) is 0 Å². The smallest absolute Gasteiger partial charge is 0.240 e. The Kier molecular flexibility index (Phi) is 4.07. The fourth-order valence-electron chi connectivity index (χ4n) is 1.54. The maximum absolute atomic E-state index is 11.9. The van der Waals surface area contributed by atoms with Crippen LogP contribution in [0.1, 0.15) is 5.69 Å². The standard InChI is InChI=1S/C13H14N2O2S/c16-18(17,13-7-2-1-3-8-13)15-11-9-12-6-4-5-10-14-12/h1-8,10,15H,9,11H2. The molecule has 0 radical (unpaired) electrons. The Bertz CT molecular complexity index is 583. The van der Waals surface area contributed by atoms with E-state index in [-0.39, 0.29) is 4.90 Å². The maximum atomic E-state index is 11.9. The van der Waals surface area contributed by atoms with Gasteiger partial charge in [0, 0.05) is 24.9 Å². The molecule has 1 heterocycles. The summed E-state index contributed by atoms with van der Waals surface area (Å²) in [6.45, 7) is 0.342. The van der Waals surface area contributed by atoms with Gasteiger partial charge in [-0.1, -0.05) is 24.3 Å². The van der Waals surface area contributed by atoms with E-state index in [1.165, 1.54) is 0 Å². The molecule has 0 spiro atoms. The third-order valence-electron chi connectivity index (χ3n) is 2.45. The van der Waals surface area contributed by atoms with Gasteiger partial charge in [0.05, 0.1) is 4.90 Å². The second-order valence-electron chi connectivity index (χ2n) is 3.78. The predicted octanol–water partition coefficient (Wildman–Crippen LogP) is 1.60. The minimum atomic E-state index is -3.41. The fourth-order valence-corrected chi connectivity index (χ4v) is 2.60. The first-order chi connectivity index (χ1) is 8.68. The lowest BCUT2D eigenvalue weighted by Crippen LogP contribution is -2.26.